The molecule has 0 aliphatic heterocycles. The van der Waals surface area contributed by atoms with E-state index in [1.165, 1.54) is 0 Å². The largest absolute Gasteiger partial charge is 0.311 e. The van der Waals surface area contributed by atoms with Crippen molar-refractivity contribution in [3.63, 3.8) is 0 Å². The van der Waals surface area contributed by atoms with Crippen LogP contribution in [0.15, 0.2) is 12.4 Å². The first kappa shape index (κ1) is 10.3. The molecule has 0 radical (unpaired) electrons. The normalized spacial score (nSPS) is 12.9. The van der Waals surface area contributed by atoms with Gasteiger partial charge in [-0.25, -0.2) is 0 Å². The zero-order chi connectivity index (χ0) is 10.7. The van der Waals surface area contributed by atoms with E-state index >= 15 is 0 Å². The van der Waals surface area contributed by atoms with Crippen LogP contribution in [0.4, 0.5) is 0 Å². The summed E-state index contributed by atoms with van der Waals surface area (Å²) >= 11 is 1.60. The van der Waals surface area contributed by atoms with Crippen molar-refractivity contribution in [2.75, 3.05) is 7.05 Å². The molecule has 0 fully saturated rings. The molecule has 2 rings (SSSR count). The third-order valence-electron chi connectivity index (χ3n) is 2.24. The van der Waals surface area contributed by atoms with E-state index in [0.717, 1.165) is 22.0 Å². The molecule has 15 heavy (non-hydrogen) atoms. The second kappa shape index (κ2) is 4.50. The van der Waals surface area contributed by atoms with Crippen molar-refractivity contribution in [3.8, 4) is 10.6 Å². The van der Waals surface area contributed by atoms with Crippen LogP contribution in [0.25, 0.3) is 10.6 Å². The van der Waals surface area contributed by atoms with Gasteiger partial charge in [-0.1, -0.05) is 18.3 Å². The van der Waals surface area contributed by atoms with E-state index in [9.17, 15) is 0 Å². The lowest BCUT2D eigenvalue weighted by Gasteiger charge is -2.07. The summed E-state index contributed by atoms with van der Waals surface area (Å²) in [6.45, 7) is 2.13. The molecule has 1 unspecified atom stereocenters. The van der Waals surface area contributed by atoms with Crippen LogP contribution in [-0.2, 0) is 0 Å². The second-order valence-electron chi connectivity index (χ2n) is 3.18. The molecule has 6 heteroatoms. The molecule has 2 N–H and O–H groups in total. The van der Waals surface area contributed by atoms with Crippen LogP contribution >= 0.6 is 11.3 Å². The third kappa shape index (κ3) is 2.05. The van der Waals surface area contributed by atoms with E-state index in [0.29, 0.717) is 6.04 Å². The average Bonchev–Trinajstić information content (AvgIpc) is 2.89. The van der Waals surface area contributed by atoms with E-state index < -0.39 is 0 Å². The molecule has 0 saturated carbocycles. The number of hydrogen-bond acceptors (Lipinski definition) is 5. The average molecular weight is 223 g/mol. The molecule has 80 valence electrons. The minimum absolute atomic E-state index is 0.295. The van der Waals surface area contributed by atoms with Crippen LogP contribution < -0.4 is 5.32 Å². The Morgan fingerprint density at radius 3 is 3.00 bits per heavy atom. The van der Waals surface area contributed by atoms with Crippen molar-refractivity contribution in [1.29, 1.82) is 0 Å². The maximum absolute atomic E-state index is 4.18. The molecule has 0 aliphatic rings. The predicted molar refractivity (Wildman–Crippen MR) is 59.6 cm³/mol. The van der Waals surface area contributed by atoms with Crippen LogP contribution in [0.3, 0.4) is 0 Å². The van der Waals surface area contributed by atoms with Gasteiger partial charge in [0.1, 0.15) is 5.01 Å². The molecular weight excluding hydrogens is 210 g/mol. The second-order valence-corrected chi connectivity index (χ2v) is 4.19. The number of hydrogen-bond donors (Lipinski definition) is 2. The Morgan fingerprint density at radius 1 is 1.53 bits per heavy atom. The molecule has 0 aromatic carbocycles. The van der Waals surface area contributed by atoms with Gasteiger partial charge in [0.15, 0.2) is 5.01 Å². The molecule has 1 atom stereocenters. The monoisotopic (exact) mass is 223 g/mol. The van der Waals surface area contributed by atoms with Gasteiger partial charge < -0.3 is 5.32 Å². The summed E-state index contributed by atoms with van der Waals surface area (Å²) in [5, 5.41) is 20.1. The lowest BCUT2D eigenvalue weighted by atomic mass is 10.2. The van der Waals surface area contributed by atoms with Gasteiger partial charge in [-0.15, -0.1) is 10.2 Å². The lowest BCUT2D eigenvalue weighted by Crippen LogP contribution is -2.14. The summed E-state index contributed by atoms with van der Waals surface area (Å²) in [4.78, 5) is 0. The predicted octanol–water partition coefficient (Wildman–Crippen LogP) is 1.60. The van der Waals surface area contributed by atoms with Crippen LogP contribution in [0, 0.1) is 0 Å². The highest BCUT2D eigenvalue weighted by Crippen LogP contribution is 2.26. The van der Waals surface area contributed by atoms with Crippen LogP contribution in [-0.4, -0.2) is 27.4 Å². The fourth-order valence-corrected chi connectivity index (χ4v) is 2.38. The number of aromatic nitrogens is 4. The molecule has 0 saturated heterocycles. The topological polar surface area (TPSA) is 66.5 Å². The Morgan fingerprint density at radius 2 is 2.40 bits per heavy atom. The first-order chi connectivity index (χ1) is 7.35. The van der Waals surface area contributed by atoms with Crippen LogP contribution in [0.2, 0.25) is 0 Å². The van der Waals surface area contributed by atoms with Gasteiger partial charge in [0.05, 0.1) is 17.8 Å². The van der Waals surface area contributed by atoms with Crippen molar-refractivity contribution >= 4 is 11.3 Å². The van der Waals surface area contributed by atoms with Gasteiger partial charge >= 0.3 is 0 Å². The van der Waals surface area contributed by atoms with E-state index in [1.54, 1.807) is 17.5 Å². The number of nitrogens with one attached hydrogen (secondary N) is 2. The number of aromatic amines is 1. The molecule has 2 aromatic rings. The molecule has 2 heterocycles. The SMILES string of the molecule is CCC(NC)c1nnc(-c2cn[nH]c2)s1. The Labute approximate surface area is 91.9 Å². The first-order valence-corrected chi connectivity index (χ1v) is 5.66. The third-order valence-corrected chi connectivity index (χ3v) is 3.33. The van der Waals surface area contributed by atoms with E-state index in [2.05, 4.69) is 32.6 Å². The first-order valence-electron chi connectivity index (χ1n) is 4.85. The van der Waals surface area contributed by atoms with E-state index in [-0.39, 0.29) is 0 Å². The Bertz CT molecular complexity index is 404. The zero-order valence-electron chi connectivity index (χ0n) is 8.69. The summed E-state index contributed by atoms with van der Waals surface area (Å²) < 4.78 is 0. The molecule has 0 spiro atoms. The van der Waals surface area contributed by atoms with E-state index in [4.69, 9.17) is 0 Å². The minimum atomic E-state index is 0.295. The summed E-state index contributed by atoms with van der Waals surface area (Å²) in [6, 6.07) is 0.295. The molecular formula is C9H13N5S. The van der Waals surface area contributed by atoms with Crippen molar-refractivity contribution in [3.05, 3.63) is 17.4 Å². The van der Waals surface area contributed by atoms with Gasteiger partial charge in [-0.05, 0) is 13.5 Å². The molecule has 5 nitrogen and oxygen atoms in total. The van der Waals surface area contributed by atoms with Crippen molar-refractivity contribution < 1.29 is 0 Å². The highest BCUT2D eigenvalue weighted by atomic mass is 32.1. The summed E-state index contributed by atoms with van der Waals surface area (Å²) in [7, 11) is 1.94. The van der Waals surface area contributed by atoms with Crippen molar-refractivity contribution in [2.24, 2.45) is 0 Å². The quantitative estimate of drug-likeness (QED) is 0.826. The molecule has 0 amide bonds. The highest BCUT2D eigenvalue weighted by Gasteiger charge is 2.13. The van der Waals surface area contributed by atoms with Gasteiger partial charge in [0.2, 0.25) is 0 Å². The summed E-state index contributed by atoms with van der Waals surface area (Å²) in [6.07, 6.45) is 4.59. The van der Waals surface area contributed by atoms with Crippen molar-refractivity contribution in [2.45, 2.75) is 19.4 Å². The maximum atomic E-state index is 4.18. The Balaban J connectivity index is 2.24. The number of rotatable bonds is 4. The standard InChI is InChI=1S/C9H13N5S/c1-3-7(10-2)9-14-13-8(15-9)6-4-11-12-5-6/h4-5,7,10H,3H2,1-2H3,(H,11,12). The fourth-order valence-electron chi connectivity index (χ4n) is 1.36. The Hall–Kier alpha value is -1.27. The van der Waals surface area contributed by atoms with Crippen molar-refractivity contribution in [1.82, 2.24) is 25.7 Å². The Kier molecular flexibility index (Phi) is 3.08. The number of nitrogens with zero attached hydrogens (tertiary/aromatic N) is 3. The van der Waals surface area contributed by atoms with E-state index in [1.807, 2.05) is 13.2 Å². The minimum Gasteiger partial charge on any atom is -0.311 e. The zero-order valence-corrected chi connectivity index (χ0v) is 9.51. The fraction of sp³-hybridized carbons (Fsp3) is 0.444. The molecule has 0 aliphatic carbocycles. The smallest absolute Gasteiger partial charge is 0.151 e. The van der Waals surface area contributed by atoms with Gasteiger partial charge in [-0.3, -0.25) is 5.10 Å². The highest BCUT2D eigenvalue weighted by molar-refractivity contribution is 7.14. The van der Waals surface area contributed by atoms with Gasteiger partial charge in [0.25, 0.3) is 0 Å². The summed E-state index contributed by atoms with van der Waals surface area (Å²) in [5.41, 5.74) is 0.990. The molecule has 0 bridgehead atoms. The van der Waals surface area contributed by atoms with Crippen LogP contribution in [0.5, 0.6) is 0 Å². The van der Waals surface area contributed by atoms with Gasteiger partial charge in [-0.2, -0.15) is 5.10 Å². The lowest BCUT2D eigenvalue weighted by molar-refractivity contribution is 0.568. The van der Waals surface area contributed by atoms with Crippen LogP contribution in [0.1, 0.15) is 24.4 Å². The number of H-pyrrole nitrogens is 1. The molecule has 2 aromatic heterocycles. The maximum Gasteiger partial charge on any atom is 0.151 e. The van der Waals surface area contributed by atoms with Gasteiger partial charge in [0, 0.05) is 6.20 Å². The summed E-state index contributed by atoms with van der Waals surface area (Å²) in [5.74, 6) is 0.